The molecule has 0 aromatic carbocycles. The third-order valence-corrected chi connectivity index (χ3v) is 1.89. The number of nitrogens with zero attached hydrogens (tertiary/aromatic N) is 3. The fraction of sp³-hybridized carbons (Fsp3) is 0.222. The zero-order valence-corrected chi connectivity index (χ0v) is 7.55. The van der Waals surface area contributed by atoms with Crippen LogP contribution in [0.5, 0.6) is 0 Å². The van der Waals surface area contributed by atoms with Crippen molar-refractivity contribution >= 4 is 0 Å². The lowest BCUT2D eigenvalue weighted by molar-refractivity contribution is 0.304. The average Bonchev–Trinajstić information content (AvgIpc) is 2.68. The minimum absolute atomic E-state index is 0.534. The first-order valence-electron chi connectivity index (χ1n) is 4.33. The first-order valence-corrected chi connectivity index (χ1v) is 4.33. The molecule has 2 aromatic rings. The largest absolute Gasteiger partial charge is 0.330 e. The highest BCUT2D eigenvalue weighted by atomic mass is 16.6. The van der Waals surface area contributed by atoms with Crippen LogP contribution in [0.1, 0.15) is 5.69 Å². The van der Waals surface area contributed by atoms with Gasteiger partial charge in [0, 0.05) is 24.4 Å². The van der Waals surface area contributed by atoms with Crippen LogP contribution in [0.2, 0.25) is 0 Å². The molecular formula is C9H10N4O. The van der Waals surface area contributed by atoms with Gasteiger partial charge in [-0.15, -0.1) is 0 Å². The van der Waals surface area contributed by atoms with Crippen molar-refractivity contribution < 1.29 is 4.63 Å². The summed E-state index contributed by atoms with van der Waals surface area (Å²) in [6, 6.07) is 3.72. The lowest BCUT2D eigenvalue weighted by Gasteiger charge is -1.96. The zero-order chi connectivity index (χ0) is 9.80. The summed E-state index contributed by atoms with van der Waals surface area (Å²) in [5.41, 5.74) is 7.93. The summed E-state index contributed by atoms with van der Waals surface area (Å²) < 4.78 is 4.68. The van der Waals surface area contributed by atoms with Crippen molar-refractivity contribution in [2.45, 2.75) is 6.42 Å². The van der Waals surface area contributed by atoms with Crippen LogP contribution in [0.3, 0.4) is 0 Å². The van der Waals surface area contributed by atoms with Crippen molar-refractivity contribution in [3.8, 4) is 11.3 Å². The second-order valence-electron chi connectivity index (χ2n) is 2.83. The maximum Gasteiger partial charge on any atom is 0.138 e. The van der Waals surface area contributed by atoms with Gasteiger partial charge in [0.05, 0.1) is 0 Å². The summed E-state index contributed by atoms with van der Waals surface area (Å²) in [7, 11) is 0. The Bertz CT molecular complexity index is 398. The standard InChI is InChI=1S/C9H10N4O/c10-4-1-8-9(13-14-12-8)7-2-5-11-6-3-7/h2-3,5-6H,1,4,10H2. The normalized spacial score (nSPS) is 10.4. The van der Waals surface area contributed by atoms with Crippen molar-refractivity contribution in [3.05, 3.63) is 30.2 Å². The third kappa shape index (κ3) is 1.62. The first-order chi connectivity index (χ1) is 6.92. The fourth-order valence-electron chi connectivity index (χ4n) is 1.24. The van der Waals surface area contributed by atoms with Gasteiger partial charge >= 0.3 is 0 Å². The van der Waals surface area contributed by atoms with Crippen LogP contribution in [0.15, 0.2) is 29.2 Å². The molecule has 0 aliphatic rings. The number of hydrogen-bond donors (Lipinski definition) is 1. The predicted octanol–water partition coefficient (Wildman–Crippen LogP) is 0.633. The topological polar surface area (TPSA) is 77.8 Å². The van der Waals surface area contributed by atoms with E-state index in [9.17, 15) is 0 Å². The molecule has 0 radical (unpaired) electrons. The van der Waals surface area contributed by atoms with Crippen LogP contribution in [-0.4, -0.2) is 21.8 Å². The number of nitrogens with two attached hydrogens (primary N) is 1. The highest BCUT2D eigenvalue weighted by Crippen LogP contribution is 2.18. The minimum Gasteiger partial charge on any atom is -0.330 e. The quantitative estimate of drug-likeness (QED) is 0.768. The van der Waals surface area contributed by atoms with E-state index in [1.807, 2.05) is 12.1 Å². The van der Waals surface area contributed by atoms with E-state index in [1.54, 1.807) is 12.4 Å². The Morgan fingerprint density at radius 2 is 2.00 bits per heavy atom. The molecule has 0 saturated carbocycles. The highest BCUT2D eigenvalue weighted by molar-refractivity contribution is 5.59. The molecule has 5 nitrogen and oxygen atoms in total. The number of hydrogen-bond acceptors (Lipinski definition) is 5. The van der Waals surface area contributed by atoms with Gasteiger partial charge in [-0.1, -0.05) is 5.16 Å². The van der Waals surface area contributed by atoms with E-state index in [-0.39, 0.29) is 0 Å². The van der Waals surface area contributed by atoms with E-state index >= 15 is 0 Å². The molecule has 0 saturated heterocycles. The van der Waals surface area contributed by atoms with E-state index in [2.05, 4.69) is 19.9 Å². The Balaban J connectivity index is 2.37. The Morgan fingerprint density at radius 3 is 2.71 bits per heavy atom. The van der Waals surface area contributed by atoms with Gasteiger partial charge in [-0.25, -0.2) is 4.63 Å². The second-order valence-corrected chi connectivity index (χ2v) is 2.83. The molecule has 2 rings (SSSR count). The van der Waals surface area contributed by atoms with Gasteiger partial charge < -0.3 is 5.73 Å². The van der Waals surface area contributed by atoms with Gasteiger partial charge in [0.1, 0.15) is 11.4 Å². The van der Waals surface area contributed by atoms with E-state index in [1.165, 1.54) is 0 Å². The van der Waals surface area contributed by atoms with Crippen LogP contribution < -0.4 is 5.73 Å². The minimum atomic E-state index is 0.534. The molecule has 0 aliphatic carbocycles. The third-order valence-electron chi connectivity index (χ3n) is 1.89. The van der Waals surface area contributed by atoms with Gasteiger partial charge in [0.25, 0.3) is 0 Å². The maximum absolute atomic E-state index is 5.44. The summed E-state index contributed by atoms with van der Waals surface area (Å²) >= 11 is 0. The molecule has 0 unspecified atom stereocenters. The number of rotatable bonds is 3. The molecule has 0 aliphatic heterocycles. The van der Waals surface area contributed by atoms with E-state index in [0.717, 1.165) is 17.0 Å². The van der Waals surface area contributed by atoms with Crippen molar-refractivity contribution in [1.29, 1.82) is 0 Å². The van der Waals surface area contributed by atoms with Crippen molar-refractivity contribution in [3.63, 3.8) is 0 Å². The fourth-order valence-corrected chi connectivity index (χ4v) is 1.24. The van der Waals surface area contributed by atoms with Gasteiger partial charge in [0.15, 0.2) is 0 Å². The molecule has 2 aromatic heterocycles. The monoisotopic (exact) mass is 190 g/mol. The average molecular weight is 190 g/mol. The molecule has 2 heterocycles. The zero-order valence-electron chi connectivity index (χ0n) is 7.55. The van der Waals surface area contributed by atoms with Crippen LogP contribution in [0, 0.1) is 0 Å². The molecule has 72 valence electrons. The molecule has 2 N–H and O–H groups in total. The first kappa shape index (κ1) is 8.83. The van der Waals surface area contributed by atoms with E-state index in [0.29, 0.717) is 13.0 Å². The Labute approximate surface area is 80.9 Å². The molecule has 0 atom stereocenters. The van der Waals surface area contributed by atoms with Crippen molar-refractivity contribution in [2.24, 2.45) is 5.73 Å². The van der Waals surface area contributed by atoms with Crippen LogP contribution in [0.4, 0.5) is 0 Å². The molecule has 0 spiro atoms. The Morgan fingerprint density at radius 1 is 1.21 bits per heavy atom. The molecule has 0 bridgehead atoms. The van der Waals surface area contributed by atoms with E-state index in [4.69, 9.17) is 5.73 Å². The molecular weight excluding hydrogens is 180 g/mol. The van der Waals surface area contributed by atoms with Crippen molar-refractivity contribution in [2.75, 3.05) is 6.54 Å². The van der Waals surface area contributed by atoms with Gasteiger partial charge in [-0.05, 0) is 23.8 Å². The Hall–Kier alpha value is -1.75. The summed E-state index contributed by atoms with van der Waals surface area (Å²) in [5.74, 6) is 0. The van der Waals surface area contributed by atoms with Crippen LogP contribution >= 0.6 is 0 Å². The SMILES string of the molecule is NCCc1nonc1-c1ccncc1. The Kier molecular flexibility index (Phi) is 2.51. The van der Waals surface area contributed by atoms with Crippen LogP contribution in [-0.2, 0) is 6.42 Å². The van der Waals surface area contributed by atoms with Crippen LogP contribution in [0.25, 0.3) is 11.3 Å². The number of pyridine rings is 1. The highest BCUT2D eigenvalue weighted by Gasteiger charge is 2.10. The summed E-state index contributed by atoms with van der Waals surface area (Å²) in [6.45, 7) is 0.534. The molecule has 0 fully saturated rings. The summed E-state index contributed by atoms with van der Waals surface area (Å²) in [5, 5.41) is 7.63. The lowest BCUT2D eigenvalue weighted by atomic mass is 10.1. The molecule has 0 amide bonds. The lowest BCUT2D eigenvalue weighted by Crippen LogP contribution is -2.03. The van der Waals surface area contributed by atoms with Gasteiger partial charge in [-0.2, -0.15) is 0 Å². The summed E-state index contributed by atoms with van der Waals surface area (Å²) in [4.78, 5) is 3.93. The van der Waals surface area contributed by atoms with Crippen molar-refractivity contribution in [1.82, 2.24) is 15.3 Å². The second kappa shape index (κ2) is 3.97. The van der Waals surface area contributed by atoms with Gasteiger partial charge in [0.2, 0.25) is 0 Å². The predicted molar refractivity (Wildman–Crippen MR) is 50.3 cm³/mol. The maximum atomic E-state index is 5.44. The number of aromatic nitrogens is 3. The molecule has 5 heteroatoms. The van der Waals surface area contributed by atoms with E-state index < -0.39 is 0 Å². The van der Waals surface area contributed by atoms with Gasteiger partial charge in [-0.3, -0.25) is 4.98 Å². The summed E-state index contributed by atoms with van der Waals surface area (Å²) in [6.07, 6.45) is 4.08. The molecule has 14 heavy (non-hydrogen) atoms. The smallest absolute Gasteiger partial charge is 0.138 e.